The molecule has 3 rings (SSSR count). The van der Waals surface area contributed by atoms with Gasteiger partial charge in [0.25, 0.3) is 0 Å². The highest BCUT2D eigenvalue weighted by Crippen LogP contribution is 2.35. The number of ether oxygens (including phenoxy) is 3. The number of rotatable bonds is 0. The van der Waals surface area contributed by atoms with Gasteiger partial charge in [0, 0.05) is 0 Å². The van der Waals surface area contributed by atoms with Crippen molar-refractivity contribution in [2.75, 3.05) is 0 Å². The number of cyclic esters (lactones) is 1. The Morgan fingerprint density at radius 1 is 1.12 bits per heavy atom. The summed E-state index contributed by atoms with van der Waals surface area (Å²) in [6, 6.07) is 3.56. The summed E-state index contributed by atoms with van der Waals surface area (Å²) in [5.41, 5.74) is 2.29. The van der Waals surface area contributed by atoms with Crippen molar-refractivity contribution in [3.05, 3.63) is 52.6 Å². The predicted octanol–water partition coefficient (Wildman–Crippen LogP) is 4.88. The van der Waals surface area contributed by atoms with E-state index >= 15 is 0 Å². The van der Waals surface area contributed by atoms with Gasteiger partial charge in [0.1, 0.15) is 24.2 Å². The number of carbonyl (C=O) groups is 1. The van der Waals surface area contributed by atoms with Crippen LogP contribution in [-0.2, 0) is 14.2 Å². The van der Waals surface area contributed by atoms with Crippen LogP contribution >= 0.6 is 0 Å². The van der Waals surface area contributed by atoms with Gasteiger partial charge in [-0.1, -0.05) is 42.0 Å². The van der Waals surface area contributed by atoms with Gasteiger partial charge >= 0.3 is 12.1 Å². The van der Waals surface area contributed by atoms with Crippen molar-refractivity contribution >= 4 is 12.0 Å². The predicted molar refractivity (Wildman–Crippen MR) is 113 cm³/mol. The molecule has 0 saturated carbocycles. The highest BCUT2D eigenvalue weighted by atomic mass is 19.4. The molecule has 176 valence electrons. The lowest BCUT2D eigenvalue weighted by Gasteiger charge is -2.26. The van der Waals surface area contributed by atoms with E-state index in [9.17, 15) is 23.1 Å². The van der Waals surface area contributed by atoms with Crippen molar-refractivity contribution in [1.82, 2.24) is 0 Å². The van der Waals surface area contributed by atoms with Crippen LogP contribution in [0.5, 0.6) is 0 Å². The summed E-state index contributed by atoms with van der Waals surface area (Å²) in [5.74, 6) is -3.91. The Hall–Kier alpha value is -2.16. The van der Waals surface area contributed by atoms with E-state index in [0.29, 0.717) is 17.5 Å². The molecule has 0 radical (unpaired) electrons. The first-order valence-corrected chi connectivity index (χ1v) is 10.6. The molecule has 2 heterocycles. The Morgan fingerprint density at radius 3 is 2.47 bits per heavy atom. The fourth-order valence-electron chi connectivity index (χ4n) is 4.25. The number of hydrogen-bond acceptors (Lipinski definition) is 5. The second-order valence-corrected chi connectivity index (χ2v) is 8.88. The lowest BCUT2D eigenvalue weighted by Crippen LogP contribution is -2.37. The molecule has 0 bridgehead atoms. The van der Waals surface area contributed by atoms with Crippen LogP contribution in [0.15, 0.2) is 30.4 Å². The molecule has 1 aromatic rings. The number of alkyl halides is 3. The average Bonchev–Trinajstić information content (AvgIpc) is 2.94. The molecule has 5 unspecified atom stereocenters. The topological polar surface area (TPSA) is 65.0 Å². The maximum absolute atomic E-state index is 13.7. The minimum absolute atomic E-state index is 0.223. The van der Waals surface area contributed by atoms with E-state index in [0.717, 1.165) is 17.7 Å². The third kappa shape index (κ3) is 5.42. The van der Waals surface area contributed by atoms with Crippen LogP contribution < -0.4 is 0 Å². The van der Waals surface area contributed by atoms with E-state index in [4.69, 9.17) is 14.2 Å². The molecule has 32 heavy (non-hydrogen) atoms. The highest BCUT2D eigenvalue weighted by Gasteiger charge is 2.46. The van der Waals surface area contributed by atoms with Gasteiger partial charge in [-0.3, -0.25) is 0 Å². The van der Waals surface area contributed by atoms with E-state index < -0.39 is 48.3 Å². The Kier molecular flexibility index (Phi) is 6.88. The molecule has 8 heteroatoms. The molecule has 1 saturated heterocycles. The maximum atomic E-state index is 13.7. The van der Waals surface area contributed by atoms with Gasteiger partial charge < -0.3 is 19.3 Å². The van der Waals surface area contributed by atoms with Crippen LogP contribution in [0.1, 0.15) is 54.2 Å². The number of aliphatic hydroxyl groups excluding tert-OH is 1. The van der Waals surface area contributed by atoms with Gasteiger partial charge in [0.05, 0.1) is 11.7 Å². The Balaban J connectivity index is 2.08. The number of halogens is 3. The zero-order chi connectivity index (χ0) is 23.8. The van der Waals surface area contributed by atoms with Gasteiger partial charge in [-0.05, 0) is 52.2 Å². The number of hydrogen-bond donors (Lipinski definition) is 1. The zero-order valence-corrected chi connectivity index (χ0v) is 18.8. The molecule has 5 nitrogen and oxygen atoms in total. The molecular weight excluding hydrogens is 425 g/mol. The molecular formula is C24H29F3O5. The van der Waals surface area contributed by atoms with Crippen molar-refractivity contribution in [3.8, 4) is 0 Å². The highest BCUT2D eigenvalue weighted by molar-refractivity contribution is 5.95. The first-order valence-electron chi connectivity index (χ1n) is 10.6. The fourth-order valence-corrected chi connectivity index (χ4v) is 4.25. The molecule has 1 N–H and O–H groups in total. The van der Waals surface area contributed by atoms with Gasteiger partial charge in [-0.15, -0.1) is 0 Å². The van der Waals surface area contributed by atoms with Crippen molar-refractivity contribution in [1.29, 1.82) is 0 Å². The summed E-state index contributed by atoms with van der Waals surface area (Å²) in [7, 11) is 0. The largest absolute Gasteiger partial charge is 0.458 e. The maximum Gasteiger partial charge on any atom is 0.398 e. The normalized spacial score (nSPS) is 32.9. The number of aryl methyl sites for hydroxylation is 2. The molecule has 0 amide bonds. The smallest absolute Gasteiger partial charge is 0.398 e. The van der Waals surface area contributed by atoms with E-state index in [-0.39, 0.29) is 5.56 Å². The van der Waals surface area contributed by atoms with Crippen LogP contribution in [0.25, 0.3) is 6.08 Å². The van der Waals surface area contributed by atoms with Crippen LogP contribution in [0.3, 0.4) is 0 Å². The lowest BCUT2D eigenvalue weighted by atomic mass is 9.96. The summed E-state index contributed by atoms with van der Waals surface area (Å²) in [6.07, 6.45) is -3.20. The third-order valence-corrected chi connectivity index (χ3v) is 5.63. The Bertz CT molecular complexity index is 919. The van der Waals surface area contributed by atoms with E-state index in [1.165, 1.54) is 6.92 Å². The zero-order valence-electron chi connectivity index (χ0n) is 18.8. The third-order valence-electron chi connectivity index (χ3n) is 5.63. The van der Waals surface area contributed by atoms with Crippen molar-refractivity contribution in [3.63, 3.8) is 0 Å². The molecule has 0 spiro atoms. The summed E-state index contributed by atoms with van der Waals surface area (Å²) < 4.78 is 58.1. The molecule has 1 fully saturated rings. The molecule has 1 aromatic carbocycles. The van der Waals surface area contributed by atoms with Crippen LogP contribution in [0.4, 0.5) is 13.2 Å². The van der Waals surface area contributed by atoms with Gasteiger partial charge in [-0.2, -0.15) is 13.2 Å². The average molecular weight is 454 g/mol. The van der Waals surface area contributed by atoms with Gasteiger partial charge in [-0.25, -0.2) is 4.79 Å². The fraction of sp³-hybridized carbons (Fsp3) is 0.542. The Morgan fingerprint density at radius 2 is 1.81 bits per heavy atom. The lowest BCUT2D eigenvalue weighted by molar-refractivity contribution is -0.182. The van der Waals surface area contributed by atoms with Crippen LogP contribution in [0, 0.1) is 19.8 Å². The number of carbonyl (C=O) groups excluding carboxylic acids is 1. The minimum atomic E-state index is -4.68. The minimum Gasteiger partial charge on any atom is -0.458 e. The van der Waals surface area contributed by atoms with Crippen LogP contribution in [0.2, 0.25) is 0 Å². The van der Waals surface area contributed by atoms with Crippen molar-refractivity contribution in [2.45, 2.75) is 77.4 Å². The molecule has 0 aromatic heterocycles. The number of aliphatic hydroxyl groups is 1. The first kappa shape index (κ1) is 24.5. The second-order valence-electron chi connectivity index (χ2n) is 8.88. The summed E-state index contributed by atoms with van der Waals surface area (Å²) in [5, 5.41) is 10.6. The second kappa shape index (κ2) is 9.00. The van der Waals surface area contributed by atoms with E-state index in [2.05, 4.69) is 0 Å². The van der Waals surface area contributed by atoms with Gasteiger partial charge in [0.15, 0.2) is 5.79 Å². The number of fused-ring (bicyclic) bond motifs is 2. The number of esters is 1. The molecule has 0 aliphatic carbocycles. The monoisotopic (exact) mass is 454 g/mol. The molecule has 2 aliphatic rings. The van der Waals surface area contributed by atoms with Gasteiger partial charge in [0.2, 0.25) is 0 Å². The first-order chi connectivity index (χ1) is 14.8. The molecule has 5 atom stereocenters. The van der Waals surface area contributed by atoms with Crippen molar-refractivity contribution < 1.29 is 37.3 Å². The van der Waals surface area contributed by atoms with E-state index in [1.54, 1.807) is 45.1 Å². The SMILES string of the molecule is Cc1cc(C)c2c(c1)/C=C/CC1OC(C)(C)OC1C(O)/C=C\C(C(F)(F)F)C(C)OC2=O. The quantitative estimate of drug-likeness (QED) is 0.447. The summed E-state index contributed by atoms with van der Waals surface area (Å²) in [4.78, 5) is 12.9. The molecule has 2 aliphatic heterocycles. The number of benzene rings is 1. The standard InChI is InChI=1S/C24H29F3O5/c1-13-11-14(2)20-16(12-13)7-6-8-19-21(32-23(4,5)31-19)18(28)10-9-17(24(25,26)27)15(3)30-22(20)29/h6-7,9-12,15,17-19,21,28H,8H2,1-5H3/b7-6+,10-9-. The summed E-state index contributed by atoms with van der Waals surface area (Å²) in [6.45, 7) is 8.15. The summed E-state index contributed by atoms with van der Waals surface area (Å²) >= 11 is 0. The van der Waals surface area contributed by atoms with Crippen molar-refractivity contribution in [2.24, 2.45) is 5.92 Å². The Labute approximate surface area is 185 Å². The van der Waals surface area contributed by atoms with Crippen LogP contribution in [-0.4, -0.2) is 47.5 Å². The van der Waals surface area contributed by atoms with E-state index in [1.807, 2.05) is 6.92 Å².